The van der Waals surface area contributed by atoms with Crippen molar-refractivity contribution in [1.82, 2.24) is 9.80 Å². The smallest absolute Gasteiger partial charge is 0.234 e. The molecule has 1 aliphatic carbocycles. The van der Waals surface area contributed by atoms with E-state index in [1.165, 1.54) is 6.42 Å². The fourth-order valence-corrected chi connectivity index (χ4v) is 4.25. The molecule has 3 rings (SSSR count). The maximum absolute atomic E-state index is 13.2. The first-order valence-electron chi connectivity index (χ1n) is 8.49. The van der Waals surface area contributed by atoms with E-state index in [-0.39, 0.29) is 5.91 Å². The average molecular weight is 290 g/mol. The zero-order valence-electron chi connectivity index (χ0n) is 13.1. The summed E-state index contributed by atoms with van der Waals surface area (Å²) in [5, 5.41) is 0. The van der Waals surface area contributed by atoms with Crippen LogP contribution in [-0.4, -0.2) is 41.2 Å². The topological polar surface area (TPSA) is 40.6 Å². The van der Waals surface area contributed by atoms with Crippen molar-refractivity contribution in [3.05, 3.63) is 11.8 Å². The molecule has 0 aromatic heterocycles. The Morgan fingerprint density at radius 3 is 2.67 bits per heavy atom. The Morgan fingerprint density at radius 2 is 1.95 bits per heavy atom. The average Bonchev–Trinajstić information content (AvgIpc) is 2.55. The lowest BCUT2D eigenvalue weighted by molar-refractivity contribution is -0.148. The van der Waals surface area contributed by atoms with E-state index in [0.29, 0.717) is 25.3 Å². The molecule has 1 atom stereocenters. The van der Waals surface area contributed by atoms with E-state index < -0.39 is 5.41 Å². The summed E-state index contributed by atoms with van der Waals surface area (Å²) in [7, 11) is 0. The van der Waals surface area contributed by atoms with Gasteiger partial charge in [-0.05, 0) is 51.9 Å². The largest absolute Gasteiger partial charge is 0.342 e. The van der Waals surface area contributed by atoms with E-state index in [0.717, 1.165) is 50.9 Å². The second kappa shape index (κ2) is 5.82. The molecule has 21 heavy (non-hydrogen) atoms. The molecule has 3 aliphatic rings. The molecule has 0 aromatic carbocycles. The number of allylic oxidation sites excluding steroid dienone is 1. The lowest BCUT2D eigenvalue weighted by atomic mass is 9.68. The van der Waals surface area contributed by atoms with Crippen LogP contribution in [0.1, 0.15) is 58.3 Å². The fraction of sp³-hybridized carbons (Fsp3) is 0.765. The quantitative estimate of drug-likeness (QED) is 0.784. The molecular formula is C17H26N2O2. The fourth-order valence-electron chi connectivity index (χ4n) is 4.25. The highest BCUT2D eigenvalue weighted by molar-refractivity contribution is 5.91. The molecule has 2 heterocycles. The van der Waals surface area contributed by atoms with Gasteiger partial charge in [0.15, 0.2) is 0 Å². The molecule has 116 valence electrons. The van der Waals surface area contributed by atoms with Gasteiger partial charge in [0, 0.05) is 31.8 Å². The summed E-state index contributed by atoms with van der Waals surface area (Å²) >= 11 is 0. The Morgan fingerprint density at radius 1 is 1.19 bits per heavy atom. The number of amides is 2. The number of fused-ring (bicyclic) bond motifs is 1. The third kappa shape index (κ3) is 2.39. The van der Waals surface area contributed by atoms with E-state index in [2.05, 4.69) is 11.0 Å². The molecule has 0 radical (unpaired) electrons. The van der Waals surface area contributed by atoms with Crippen molar-refractivity contribution in [2.24, 2.45) is 5.41 Å². The Balaban J connectivity index is 1.92. The zero-order valence-corrected chi connectivity index (χ0v) is 13.1. The molecule has 0 saturated carbocycles. The predicted molar refractivity (Wildman–Crippen MR) is 81.4 cm³/mol. The molecule has 0 N–H and O–H groups in total. The van der Waals surface area contributed by atoms with Gasteiger partial charge in [0.05, 0.1) is 5.41 Å². The summed E-state index contributed by atoms with van der Waals surface area (Å²) in [6.07, 6.45) is 9.84. The summed E-state index contributed by atoms with van der Waals surface area (Å²) < 4.78 is 0. The van der Waals surface area contributed by atoms with Gasteiger partial charge in [-0.25, -0.2) is 0 Å². The number of hydrogen-bond donors (Lipinski definition) is 0. The van der Waals surface area contributed by atoms with E-state index >= 15 is 0 Å². The van der Waals surface area contributed by atoms with Crippen LogP contribution in [0.2, 0.25) is 0 Å². The first-order valence-corrected chi connectivity index (χ1v) is 8.49. The second-order valence-electron chi connectivity index (χ2n) is 6.55. The number of hydrogen-bond acceptors (Lipinski definition) is 2. The summed E-state index contributed by atoms with van der Waals surface area (Å²) in [6, 6.07) is 0. The highest BCUT2D eigenvalue weighted by atomic mass is 16.2. The highest BCUT2D eigenvalue weighted by Gasteiger charge is 2.50. The molecule has 4 heteroatoms. The van der Waals surface area contributed by atoms with Gasteiger partial charge in [-0.3, -0.25) is 9.59 Å². The van der Waals surface area contributed by atoms with Gasteiger partial charge in [0.2, 0.25) is 11.8 Å². The van der Waals surface area contributed by atoms with E-state index in [1.807, 2.05) is 11.8 Å². The standard InChI is InChI=1S/C17H26N2O2/c1-2-19-14-8-4-5-10-17(14,11-9-15(19)20)16(21)18-12-6-3-7-13-18/h8H,2-7,9-13H2,1H3/t17-/m0/s1. The number of piperidine rings is 2. The first kappa shape index (κ1) is 14.6. The van der Waals surface area contributed by atoms with Crippen LogP contribution in [-0.2, 0) is 9.59 Å². The van der Waals surface area contributed by atoms with Crippen LogP contribution in [0.15, 0.2) is 11.8 Å². The van der Waals surface area contributed by atoms with Gasteiger partial charge < -0.3 is 9.80 Å². The normalized spacial score (nSPS) is 30.0. The molecule has 2 fully saturated rings. The minimum absolute atomic E-state index is 0.188. The molecule has 0 spiro atoms. The number of carbonyl (C=O) groups is 2. The van der Waals surface area contributed by atoms with Crippen molar-refractivity contribution < 1.29 is 9.59 Å². The Kier molecular flexibility index (Phi) is 4.05. The maximum Gasteiger partial charge on any atom is 0.234 e. The van der Waals surface area contributed by atoms with E-state index in [4.69, 9.17) is 0 Å². The molecule has 2 aliphatic heterocycles. The third-order valence-electron chi connectivity index (χ3n) is 5.36. The Hall–Kier alpha value is -1.32. The molecule has 0 unspecified atom stereocenters. The number of carbonyl (C=O) groups excluding carboxylic acids is 2. The van der Waals surface area contributed by atoms with Crippen LogP contribution >= 0.6 is 0 Å². The third-order valence-corrected chi connectivity index (χ3v) is 5.36. The molecule has 4 nitrogen and oxygen atoms in total. The summed E-state index contributed by atoms with van der Waals surface area (Å²) in [5.41, 5.74) is 0.613. The SMILES string of the molecule is CCN1C(=O)CC[C@@]2(C(=O)N3CCCCC3)CCCC=C12. The highest BCUT2D eigenvalue weighted by Crippen LogP contribution is 2.48. The van der Waals surface area contributed by atoms with Gasteiger partial charge in [0.1, 0.15) is 0 Å². The van der Waals surface area contributed by atoms with Crippen LogP contribution in [0, 0.1) is 5.41 Å². The molecule has 0 bridgehead atoms. The first-order chi connectivity index (χ1) is 10.2. The van der Waals surface area contributed by atoms with Crippen LogP contribution in [0.25, 0.3) is 0 Å². The summed E-state index contributed by atoms with van der Waals surface area (Å²) in [6.45, 7) is 4.48. The maximum atomic E-state index is 13.2. The van der Waals surface area contributed by atoms with Crippen LogP contribution in [0.4, 0.5) is 0 Å². The van der Waals surface area contributed by atoms with Gasteiger partial charge >= 0.3 is 0 Å². The van der Waals surface area contributed by atoms with Crippen molar-refractivity contribution in [3.8, 4) is 0 Å². The number of nitrogens with zero attached hydrogens (tertiary/aromatic N) is 2. The monoisotopic (exact) mass is 290 g/mol. The summed E-state index contributed by atoms with van der Waals surface area (Å²) in [4.78, 5) is 29.3. The molecule has 0 aromatic rings. The Bertz CT molecular complexity index is 465. The Labute approximate surface area is 127 Å². The number of likely N-dealkylation sites (tertiary alicyclic amines) is 2. The van der Waals surface area contributed by atoms with Crippen LogP contribution in [0.3, 0.4) is 0 Å². The van der Waals surface area contributed by atoms with Crippen molar-refractivity contribution in [1.29, 1.82) is 0 Å². The van der Waals surface area contributed by atoms with Crippen LogP contribution in [0.5, 0.6) is 0 Å². The van der Waals surface area contributed by atoms with Gasteiger partial charge in [-0.15, -0.1) is 0 Å². The lowest BCUT2D eigenvalue weighted by Gasteiger charge is -2.48. The van der Waals surface area contributed by atoms with E-state index in [9.17, 15) is 9.59 Å². The molecular weight excluding hydrogens is 264 g/mol. The van der Waals surface area contributed by atoms with Crippen molar-refractivity contribution in [2.45, 2.75) is 58.3 Å². The van der Waals surface area contributed by atoms with Crippen molar-refractivity contribution in [2.75, 3.05) is 19.6 Å². The zero-order chi connectivity index (χ0) is 14.9. The predicted octanol–water partition coefficient (Wildman–Crippen LogP) is 2.70. The van der Waals surface area contributed by atoms with Gasteiger partial charge in [-0.2, -0.15) is 0 Å². The van der Waals surface area contributed by atoms with Crippen LogP contribution < -0.4 is 0 Å². The van der Waals surface area contributed by atoms with Crippen molar-refractivity contribution in [3.63, 3.8) is 0 Å². The van der Waals surface area contributed by atoms with Crippen molar-refractivity contribution >= 4 is 11.8 Å². The lowest BCUT2D eigenvalue weighted by Crippen LogP contribution is -2.54. The molecule has 2 amide bonds. The second-order valence-corrected chi connectivity index (χ2v) is 6.55. The number of rotatable bonds is 2. The van der Waals surface area contributed by atoms with Gasteiger partial charge in [-0.1, -0.05) is 6.08 Å². The molecule has 2 saturated heterocycles. The minimum atomic E-state index is -0.403. The van der Waals surface area contributed by atoms with Gasteiger partial charge in [0.25, 0.3) is 0 Å². The summed E-state index contributed by atoms with van der Waals surface area (Å²) in [5.74, 6) is 0.479. The van der Waals surface area contributed by atoms with E-state index in [1.54, 1.807) is 0 Å². The minimum Gasteiger partial charge on any atom is -0.342 e.